The van der Waals surface area contributed by atoms with Gasteiger partial charge in [0.1, 0.15) is 5.02 Å². The molecule has 1 aliphatic heterocycles. The number of alkyl halides is 6. The summed E-state index contributed by atoms with van der Waals surface area (Å²) < 4.78 is 67.0. The fourth-order valence-corrected chi connectivity index (χ4v) is 3.04. The number of rotatable bonds is 1. The van der Waals surface area contributed by atoms with Crippen LogP contribution in [0.2, 0.25) is 5.02 Å². The smallest absolute Gasteiger partial charge is 0.385 e. The molecule has 3 N–H and O–H groups in total. The van der Waals surface area contributed by atoms with Gasteiger partial charge in [0.15, 0.2) is 5.82 Å². The molecular weight excluding hydrogens is 516 g/mol. The number of halogens is 7. The zero-order chi connectivity index (χ0) is 26.5. The highest BCUT2D eigenvalue weighted by atomic mass is 35.5. The van der Waals surface area contributed by atoms with E-state index in [1.807, 2.05) is 36.4 Å². The van der Waals surface area contributed by atoms with Crippen LogP contribution in [0.15, 0.2) is 54.7 Å². The van der Waals surface area contributed by atoms with Crippen molar-refractivity contribution in [2.24, 2.45) is 0 Å². The first-order chi connectivity index (χ1) is 16.8. The van der Waals surface area contributed by atoms with E-state index < -0.39 is 23.9 Å². The number of anilines is 5. The Morgan fingerprint density at radius 2 is 1.42 bits per heavy atom. The van der Waals surface area contributed by atoms with E-state index in [0.29, 0.717) is 16.8 Å². The SMILES string of the molecule is Clc1cnc2nc1Nc1cccc(c1)CCNc1cccc(c1)N2.O=C(C(=O)C(F)(F)F)C(F)(F)F. The van der Waals surface area contributed by atoms with E-state index in [0.717, 1.165) is 30.0 Å². The maximum absolute atomic E-state index is 11.2. The lowest BCUT2D eigenvalue weighted by Crippen LogP contribution is -2.39. The number of aromatic nitrogens is 2. The highest BCUT2D eigenvalue weighted by molar-refractivity contribution is 6.41. The molecule has 2 aromatic carbocycles. The summed E-state index contributed by atoms with van der Waals surface area (Å²) in [5.74, 6) is -5.74. The number of carbonyl (C=O) groups is 2. The lowest BCUT2D eigenvalue weighted by atomic mass is 10.1. The van der Waals surface area contributed by atoms with Crippen molar-refractivity contribution in [2.45, 2.75) is 18.8 Å². The van der Waals surface area contributed by atoms with Crippen LogP contribution in [0.4, 0.5) is 55.2 Å². The van der Waals surface area contributed by atoms with Crippen LogP contribution in [0.1, 0.15) is 5.56 Å². The van der Waals surface area contributed by atoms with E-state index in [2.05, 4.69) is 38.1 Å². The number of ketones is 2. The molecule has 14 heteroatoms. The molecule has 0 saturated heterocycles. The third-order valence-electron chi connectivity index (χ3n) is 4.52. The van der Waals surface area contributed by atoms with Gasteiger partial charge in [-0.2, -0.15) is 31.3 Å². The molecule has 0 unspecified atom stereocenters. The summed E-state index contributed by atoms with van der Waals surface area (Å²) in [6, 6.07) is 16.3. The van der Waals surface area contributed by atoms with Gasteiger partial charge in [-0.1, -0.05) is 29.8 Å². The predicted molar refractivity (Wildman–Crippen MR) is 121 cm³/mol. The molecule has 7 nitrogen and oxygen atoms in total. The van der Waals surface area contributed by atoms with Gasteiger partial charge in [0.2, 0.25) is 5.95 Å². The Morgan fingerprint density at radius 3 is 2.06 bits per heavy atom. The Bertz CT molecular complexity index is 1240. The minimum atomic E-state index is -5.77. The van der Waals surface area contributed by atoms with Crippen LogP contribution in [-0.4, -0.2) is 40.4 Å². The normalized spacial score (nSPS) is 13.0. The molecule has 0 aliphatic carbocycles. The molecule has 0 radical (unpaired) electrons. The van der Waals surface area contributed by atoms with E-state index in [-0.39, 0.29) is 0 Å². The average Bonchev–Trinajstić information content (AvgIpc) is 2.80. The molecule has 0 atom stereocenters. The van der Waals surface area contributed by atoms with E-state index in [4.69, 9.17) is 11.6 Å². The predicted octanol–water partition coefficient (Wildman–Crippen LogP) is 5.83. The number of fused-ring (bicyclic) bond motifs is 6. The first-order valence-corrected chi connectivity index (χ1v) is 10.4. The van der Waals surface area contributed by atoms with E-state index >= 15 is 0 Å². The Hall–Kier alpha value is -3.87. The van der Waals surface area contributed by atoms with Crippen molar-refractivity contribution in [2.75, 3.05) is 22.5 Å². The van der Waals surface area contributed by atoms with Gasteiger partial charge in [-0.05, 0) is 42.3 Å². The maximum Gasteiger partial charge on any atom is 0.458 e. The van der Waals surface area contributed by atoms with Gasteiger partial charge in [-0.25, -0.2) is 4.98 Å². The van der Waals surface area contributed by atoms with Crippen molar-refractivity contribution < 1.29 is 35.9 Å². The van der Waals surface area contributed by atoms with Crippen LogP contribution in [0.3, 0.4) is 0 Å². The van der Waals surface area contributed by atoms with Crippen LogP contribution in [0, 0.1) is 0 Å². The summed E-state index contributed by atoms with van der Waals surface area (Å²) in [4.78, 5) is 28.0. The van der Waals surface area contributed by atoms with Crippen molar-refractivity contribution in [1.29, 1.82) is 0 Å². The summed E-state index contributed by atoms with van der Waals surface area (Å²) in [5, 5.41) is 10.4. The van der Waals surface area contributed by atoms with Crippen molar-refractivity contribution in [3.63, 3.8) is 0 Å². The molecule has 3 aromatic rings. The quantitative estimate of drug-likeness (QED) is 0.268. The van der Waals surface area contributed by atoms with E-state index in [1.54, 1.807) is 6.20 Å². The summed E-state index contributed by atoms with van der Waals surface area (Å²) >= 11 is 6.23. The maximum atomic E-state index is 11.2. The molecule has 0 spiro atoms. The van der Waals surface area contributed by atoms with Crippen LogP contribution >= 0.6 is 11.6 Å². The molecule has 36 heavy (non-hydrogen) atoms. The highest BCUT2D eigenvalue weighted by Crippen LogP contribution is 2.27. The number of nitrogens with one attached hydrogen (secondary N) is 3. The Morgan fingerprint density at radius 1 is 0.833 bits per heavy atom. The van der Waals surface area contributed by atoms with Crippen molar-refractivity contribution in [3.05, 3.63) is 65.3 Å². The number of Topliss-reactive ketones (excluding diaryl/α,β-unsaturated/α-hetero) is 2. The Balaban J connectivity index is 0.000000257. The van der Waals surface area contributed by atoms with Gasteiger partial charge in [0, 0.05) is 23.6 Å². The minimum absolute atomic E-state index is 0.480. The summed E-state index contributed by atoms with van der Waals surface area (Å²) in [7, 11) is 0. The van der Waals surface area contributed by atoms with Crippen molar-refractivity contribution in [3.8, 4) is 0 Å². The topological polar surface area (TPSA) is 96.0 Å². The Labute approximate surface area is 204 Å². The van der Waals surface area contributed by atoms with Crippen LogP contribution in [0.25, 0.3) is 0 Å². The number of hydrogen-bond acceptors (Lipinski definition) is 7. The van der Waals surface area contributed by atoms with E-state index in [9.17, 15) is 35.9 Å². The molecule has 6 bridgehead atoms. The molecule has 0 saturated carbocycles. The zero-order valence-corrected chi connectivity index (χ0v) is 18.7. The fourth-order valence-electron chi connectivity index (χ4n) is 2.90. The molecule has 1 aliphatic rings. The van der Waals surface area contributed by atoms with Crippen molar-refractivity contribution in [1.82, 2.24) is 9.97 Å². The average molecular weight is 532 g/mol. The van der Waals surface area contributed by atoms with Gasteiger partial charge in [-0.3, -0.25) is 9.59 Å². The van der Waals surface area contributed by atoms with Gasteiger partial charge >= 0.3 is 23.9 Å². The monoisotopic (exact) mass is 531 g/mol. The molecule has 4 rings (SSSR count). The lowest BCUT2D eigenvalue weighted by molar-refractivity contribution is -0.193. The van der Waals surface area contributed by atoms with E-state index in [1.165, 1.54) is 5.56 Å². The molecule has 0 fully saturated rings. The number of hydrogen-bond donors (Lipinski definition) is 3. The second kappa shape index (κ2) is 10.8. The van der Waals surface area contributed by atoms with Crippen LogP contribution in [0.5, 0.6) is 0 Å². The molecule has 1 aromatic heterocycles. The van der Waals surface area contributed by atoms with Gasteiger partial charge in [0.25, 0.3) is 0 Å². The Kier molecular flexibility index (Phi) is 8.03. The number of benzene rings is 2. The fraction of sp³-hybridized carbons (Fsp3) is 0.182. The number of carbonyl (C=O) groups excluding carboxylic acids is 2. The summed E-state index contributed by atoms with van der Waals surface area (Å²) in [6.07, 6.45) is -9.02. The second-order valence-corrected chi connectivity index (χ2v) is 7.66. The number of nitrogens with zero attached hydrogens (tertiary/aromatic N) is 2. The highest BCUT2D eigenvalue weighted by Gasteiger charge is 2.54. The third-order valence-corrected chi connectivity index (χ3v) is 4.79. The van der Waals surface area contributed by atoms with Gasteiger partial charge in [0.05, 0.1) is 6.20 Å². The largest absolute Gasteiger partial charge is 0.458 e. The second-order valence-electron chi connectivity index (χ2n) is 7.25. The zero-order valence-electron chi connectivity index (χ0n) is 18.0. The molecule has 2 heterocycles. The summed E-state index contributed by atoms with van der Waals surface area (Å²) in [6.45, 7) is 0.857. The van der Waals surface area contributed by atoms with Gasteiger partial charge < -0.3 is 16.0 Å². The lowest BCUT2D eigenvalue weighted by Gasteiger charge is -2.14. The first-order valence-electron chi connectivity index (χ1n) is 10.0. The third kappa shape index (κ3) is 7.31. The first kappa shape index (κ1) is 26.7. The van der Waals surface area contributed by atoms with Crippen LogP contribution in [-0.2, 0) is 16.0 Å². The van der Waals surface area contributed by atoms with Gasteiger partial charge in [-0.15, -0.1) is 0 Å². The summed E-state index contributed by atoms with van der Waals surface area (Å²) in [5.41, 5.74) is 4.17. The minimum Gasteiger partial charge on any atom is -0.385 e. The van der Waals surface area contributed by atoms with Crippen molar-refractivity contribution >= 4 is 52.0 Å². The molecule has 190 valence electrons. The standard InChI is InChI=1S/C18H16ClN5.C4F6O2/c19-16-11-21-18-23-15-6-2-4-13(10-15)20-8-7-12-3-1-5-14(9-12)22-17(16)24-18;5-3(6,7)1(11)2(12)4(8,9)10/h1-6,9-11,20H,7-8H2,(H2,21,22,23,24);. The van der Waals surface area contributed by atoms with Crippen LogP contribution < -0.4 is 16.0 Å². The molecule has 0 amide bonds. The molecular formula is C22H16ClF6N5O2.